The molecule has 7 heteroatoms. The van der Waals surface area contributed by atoms with Gasteiger partial charge < -0.3 is 0 Å². The fraction of sp³-hybridized carbons (Fsp3) is 0.417. The Bertz CT molecular complexity index is 1170. The van der Waals surface area contributed by atoms with E-state index in [1.165, 1.54) is 12.8 Å². The van der Waals surface area contributed by atoms with Crippen molar-refractivity contribution in [3.63, 3.8) is 0 Å². The molecule has 1 aliphatic rings. The Morgan fingerprint density at radius 1 is 1.00 bits per heavy atom. The van der Waals surface area contributed by atoms with Gasteiger partial charge in [-0.3, -0.25) is 9.67 Å². The van der Waals surface area contributed by atoms with Crippen molar-refractivity contribution in [2.45, 2.75) is 70.9 Å². The SMILES string of the molecule is Cc1cc(C)c(C)c(S(=O)(=O)NCc2cc(-c3ccncc3)n(C3CCCC3)n2)c1C. The third-order valence-electron chi connectivity index (χ3n) is 6.44. The van der Waals surface area contributed by atoms with Crippen LogP contribution in [0.5, 0.6) is 0 Å². The molecule has 1 saturated carbocycles. The van der Waals surface area contributed by atoms with Crippen LogP contribution in [0.25, 0.3) is 11.3 Å². The molecule has 2 heterocycles. The van der Waals surface area contributed by atoms with Gasteiger partial charge in [-0.05, 0) is 81.0 Å². The molecule has 6 nitrogen and oxygen atoms in total. The number of pyridine rings is 1. The number of nitrogens with one attached hydrogen (secondary N) is 1. The van der Waals surface area contributed by atoms with Crippen LogP contribution in [0.4, 0.5) is 0 Å². The van der Waals surface area contributed by atoms with Crippen molar-refractivity contribution >= 4 is 10.0 Å². The molecule has 1 aliphatic carbocycles. The average molecular weight is 439 g/mol. The van der Waals surface area contributed by atoms with Crippen molar-refractivity contribution in [2.75, 3.05) is 0 Å². The van der Waals surface area contributed by atoms with E-state index >= 15 is 0 Å². The van der Waals surface area contributed by atoms with E-state index < -0.39 is 10.0 Å². The highest BCUT2D eigenvalue weighted by molar-refractivity contribution is 7.89. The van der Waals surface area contributed by atoms with Gasteiger partial charge in [-0.25, -0.2) is 13.1 Å². The third kappa shape index (κ3) is 4.29. The van der Waals surface area contributed by atoms with Gasteiger partial charge in [0.1, 0.15) is 0 Å². The fourth-order valence-corrected chi connectivity index (χ4v) is 6.13. The van der Waals surface area contributed by atoms with E-state index in [0.717, 1.165) is 52.0 Å². The molecule has 1 N–H and O–H groups in total. The highest BCUT2D eigenvalue weighted by Crippen LogP contribution is 2.33. The molecular formula is C24H30N4O2S. The molecule has 31 heavy (non-hydrogen) atoms. The highest BCUT2D eigenvalue weighted by atomic mass is 32.2. The number of hydrogen-bond acceptors (Lipinski definition) is 4. The van der Waals surface area contributed by atoms with Gasteiger partial charge in [-0.1, -0.05) is 18.9 Å². The molecule has 4 rings (SSSR count). The summed E-state index contributed by atoms with van der Waals surface area (Å²) in [5, 5.41) is 4.81. The van der Waals surface area contributed by atoms with Gasteiger partial charge >= 0.3 is 0 Å². The Kier molecular flexibility index (Phi) is 5.99. The second-order valence-electron chi connectivity index (χ2n) is 8.55. The van der Waals surface area contributed by atoms with Crippen molar-refractivity contribution in [3.05, 3.63) is 64.6 Å². The van der Waals surface area contributed by atoms with E-state index in [4.69, 9.17) is 5.10 Å². The predicted molar refractivity (Wildman–Crippen MR) is 122 cm³/mol. The zero-order chi connectivity index (χ0) is 22.2. The van der Waals surface area contributed by atoms with Crippen LogP contribution in [0.3, 0.4) is 0 Å². The van der Waals surface area contributed by atoms with Gasteiger partial charge in [0.2, 0.25) is 10.0 Å². The Labute approximate surface area is 184 Å². The minimum Gasteiger partial charge on any atom is -0.265 e. The van der Waals surface area contributed by atoms with Crippen molar-refractivity contribution in [1.82, 2.24) is 19.5 Å². The monoisotopic (exact) mass is 438 g/mol. The average Bonchev–Trinajstić information content (AvgIpc) is 3.41. The van der Waals surface area contributed by atoms with E-state index in [2.05, 4.69) is 14.4 Å². The maximum absolute atomic E-state index is 13.2. The summed E-state index contributed by atoms with van der Waals surface area (Å²) in [6, 6.07) is 8.33. The number of hydrogen-bond donors (Lipinski definition) is 1. The summed E-state index contributed by atoms with van der Waals surface area (Å²) in [7, 11) is -3.66. The molecule has 0 unspecified atom stereocenters. The van der Waals surface area contributed by atoms with Crippen molar-refractivity contribution in [1.29, 1.82) is 0 Å². The quantitative estimate of drug-likeness (QED) is 0.601. The molecule has 0 saturated heterocycles. The molecule has 0 atom stereocenters. The largest absolute Gasteiger partial charge is 0.265 e. The fourth-order valence-electron chi connectivity index (χ4n) is 4.52. The summed E-state index contributed by atoms with van der Waals surface area (Å²) in [6.45, 7) is 7.79. The Morgan fingerprint density at radius 2 is 1.61 bits per heavy atom. The lowest BCUT2D eigenvalue weighted by Crippen LogP contribution is -2.25. The molecule has 0 radical (unpaired) electrons. The number of nitrogens with zero attached hydrogens (tertiary/aromatic N) is 3. The molecule has 2 aromatic heterocycles. The number of sulfonamides is 1. The van der Waals surface area contributed by atoms with Gasteiger partial charge in [-0.2, -0.15) is 5.10 Å². The zero-order valence-electron chi connectivity index (χ0n) is 18.6. The molecule has 0 spiro atoms. The molecule has 3 aromatic rings. The first-order valence-corrected chi connectivity index (χ1v) is 12.3. The second kappa shape index (κ2) is 8.55. The smallest absolute Gasteiger partial charge is 0.241 e. The summed E-state index contributed by atoms with van der Waals surface area (Å²) in [6.07, 6.45) is 8.16. The van der Waals surface area contributed by atoms with Gasteiger partial charge in [-0.15, -0.1) is 0 Å². The summed E-state index contributed by atoms with van der Waals surface area (Å²) in [5.41, 5.74) is 6.34. The molecular weight excluding hydrogens is 408 g/mol. The Morgan fingerprint density at radius 3 is 2.23 bits per heavy atom. The third-order valence-corrected chi connectivity index (χ3v) is 8.12. The van der Waals surface area contributed by atoms with Crippen LogP contribution in [0, 0.1) is 27.7 Å². The molecule has 0 aliphatic heterocycles. The summed E-state index contributed by atoms with van der Waals surface area (Å²) in [5.74, 6) is 0. The molecule has 164 valence electrons. The first-order valence-electron chi connectivity index (χ1n) is 10.8. The molecule has 0 amide bonds. The maximum Gasteiger partial charge on any atom is 0.241 e. The number of rotatable bonds is 6. The lowest BCUT2D eigenvalue weighted by atomic mass is 10.0. The zero-order valence-corrected chi connectivity index (χ0v) is 19.5. The van der Waals surface area contributed by atoms with E-state index in [0.29, 0.717) is 10.9 Å². The van der Waals surface area contributed by atoms with Crippen LogP contribution in [-0.2, 0) is 16.6 Å². The van der Waals surface area contributed by atoms with Crippen LogP contribution >= 0.6 is 0 Å². The second-order valence-corrected chi connectivity index (χ2v) is 10.3. The summed E-state index contributed by atoms with van der Waals surface area (Å²) in [4.78, 5) is 4.50. The molecule has 0 bridgehead atoms. The van der Waals surface area contributed by atoms with Crippen molar-refractivity contribution < 1.29 is 8.42 Å². The predicted octanol–water partition coefficient (Wildman–Crippen LogP) is 4.77. The minimum atomic E-state index is -3.66. The van der Waals surface area contributed by atoms with Crippen LogP contribution < -0.4 is 4.72 Å². The highest BCUT2D eigenvalue weighted by Gasteiger charge is 2.25. The van der Waals surface area contributed by atoms with Crippen LogP contribution in [0.15, 0.2) is 41.6 Å². The number of aromatic nitrogens is 3. The van der Waals surface area contributed by atoms with Gasteiger partial charge in [0.15, 0.2) is 0 Å². The number of benzene rings is 1. The van der Waals surface area contributed by atoms with E-state index in [9.17, 15) is 8.42 Å². The van der Waals surface area contributed by atoms with E-state index in [1.807, 2.05) is 52.0 Å². The Balaban J connectivity index is 1.65. The normalized spacial score (nSPS) is 15.0. The van der Waals surface area contributed by atoms with Crippen molar-refractivity contribution in [3.8, 4) is 11.3 Å². The standard InChI is InChI=1S/C24H30N4O2S/c1-16-13-17(2)19(4)24(18(16)3)31(29,30)26-15-21-14-23(20-9-11-25-12-10-20)28(27-21)22-7-5-6-8-22/h9-14,22,26H,5-8,15H2,1-4H3. The van der Waals surface area contributed by atoms with Gasteiger partial charge in [0.25, 0.3) is 0 Å². The number of aryl methyl sites for hydroxylation is 2. The minimum absolute atomic E-state index is 0.159. The van der Waals surface area contributed by atoms with E-state index in [1.54, 1.807) is 12.4 Å². The maximum atomic E-state index is 13.2. The van der Waals surface area contributed by atoms with E-state index in [-0.39, 0.29) is 6.54 Å². The van der Waals surface area contributed by atoms with Crippen molar-refractivity contribution in [2.24, 2.45) is 0 Å². The Hall–Kier alpha value is -2.51. The topological polar surface area (TPSA) is 76.9 Å². The summed E-state index contributed by atoms with van der Waals surface area (Å²) < 4.78 is 31.3. The van der Waals surface area contributed by atoms with Crippen LogP contribution in [0.2, 0.25) is 0 Å². The first kappa shape index (κ1) is 21.7. The lowest BCUT2D eigenvalue weighted by molar-refractivity contribution is 0.467. The van der Waals surface area contributed by atoms with Gasteiger partial charge in [0.05, 0.1) is 28.9 Å². The van der Waals surface area contributed by atoms with Gasteiger partial charge in [0, 0.05) is 18.0 Å². The van der Waals surface area contributed by atoms with Crippen LogP contribution in [0.1, 0.15) is 59.7 Å². The molecule has 1 aromatic carbocycles. The molecule has 1 fully saturated rings. The summed E-state index contributed by atoms with van der Waals surface area (Å²) >= 11 is 0. The lowest BCUT2D eigenvalue weighted by Gasteiger charge is -2.16. The first-order chi connectivity index (χ1) is 14.8. The van der Waals surface area contributed by atoms with Crippen LogP contribution in [-0.4, -0.2) is 23.2 Å².